The number of aromatic nitrogens is 3. The van der Waals surface area contributed by atoms with Crippen LogP contribution in [0.15, 0.2) is 36.7 Å². The Bertz CT molecular complexity index is 1080. The van der Waals surface area contributed by atoms with Gasteiger partial charge >= 0.3 is 0 Å². The van der Waals surface area contributed by atoms with Gasteiger partial charge in [0.1, 0.15) is 5.75 Å². The summed E-state index contributed by atoms with van der Waals surface area (Å²) in [4.78, 5) is 25.7. The summed E-state index contributed by atoms with van der Waals surface area (Å²) in [5.74, 6) is 1.06. The van der Waals surface area contributed by atoms with Gasteiger partial charge in [-0.05, 0) is 12.1 Å². The predicted octanol–water partition coefficient (Wildman–Crippen LogP) is 0.870. The highest BCUT2D eigenvalue weighted by molar-refractivity contribution is 5.78. The molecule has 2 saturated heterocycles. The zero-order valence-corrected chi connectivity index (χ0v) is 16.6. The molecule has 2 fully saturated rings. The van der Waals surface area contributed by atoms with Crippen LogP contribution in [0.2, 0.25) is 0 Å². The summed E-state index contributed by atoms with van der Waals surface area (Å²) in [6.45, 7) is 5.27. The number of anilines is 1. The Morgan fingerprint density at radius 2 is 2.00 bits per heavy atom. The minimum Gasteiger partial charge on any atom is -0.508 e. The fraction of sp³-hybridized carbons (Fsp3) is 0.381. The second-order valence-corrected chi connectivity index (χ2v) is 7.62. The summed E-state index contributed by atoms with van der Waals surface area (Å²) in [5.41, 5.74) is 3.29. The molecule has 0 aliphatic carbocycles. The molecule has 0 atom stereocenters. The molecule has 2 aliphatic heterocycles. The molecule has 0 unspecified atom stereocenters. The lowest BCUT2D eigenvalue weighted by atomic mass is 10.1. The van der Waals surface area contributed by atoms with Gasteiger partial charge in [-0.2, -0.15) is 0 Å². The number of piperazine rings is 1. The molecular formula is C21H24N6O3. The molecule has 3 aromatic rings. The number of ether oxygens (including phenoxy) is 1. The summed E-state index contributed by atoms with van der Waals surface area (Å²) in [6.07, 6.45) is 3.94. The van der Waals surface area contributed by atoms with Crippen molar-refractivity contribution in [1.29, 1.82) is 0 Å². The lowest BCUT2D eigenvalue weighted by Crippen LogP contribution is -2.47. The third kappa shape index (κ3) is 3.81. The first-order valence-electron chi connectivity index (χ1n) is 10.2. The van der Waals surface area contributed by atoms with E-state index in [0.717, 1.165) is 48.1 Å². The molecule has 1 aromatic carbocycles. The topological polar surface area (TPSA) is 95.2 Å². The van der Waals surface area contributed by atoms with Gasteiger partial charge in [0.25, 0.3) is 0 Å². The monoisotopic (exact) mass is 408 g/mol. The highest BCUT2D eigenvalue weighted by Crippen LogP contribution is 2.27. The maximum absolute atomic E-state index is 11.7. The van der Waals surface area contributed by atoms with E-state index >= 15 is 0 Å². The van der Waals surface area contributed by atoms with Crippen LogP contribution in [0.3, 0.4) is 0 Å². The lowest BCUT2D eigenvalue weighted by Gasteiger charge is -2.28. The summed E-state index contributed by atoms with van der Waals surface area (Å²) in [6, 6.07) is 7.10. The maximum Gasteiger partial charge on any atom is 0.234 e. The molecule has 2 aromatic heterocycles. The number of morpholine rings is 1. The quantitative estimate of drug-likeness (QED) is 0.661. The first-order valence-corrected chi connectivity index (χ1v) is 10.2. The average Bonchev–Trinajstić information content (AvgIpc) is 3.16. The molecule has 0 bridgehead atoms. The summed E-state index contributed by atoms with van der Waals surface area (Å²) in [7, 11) is 0. The first-order chi connectivity index (χ1) is 14.7. The minimum absolute atomic E-state index is 0.0480. The number of benzene rings is 1. The van der Waals surface area contributed by atoms with Crippen LogP contribution >= 0.6 is 0 Å². The molecule has 4 heterocycles. The van der Waals surface area contributed by atoms with Crippen molar-refractivity contribution in [2.45, 2.75) is 6.54 Å². The third-order valence-electron chi connectivity index (χ3n) is 5.43. The van der Waals surface area contributed by atoms with Crippen LogP contribution in [0.1, 0.15) is 5.69 Å². The number of nitrogens with one attached hydrogen (secondary N) is 1. The van der Waals surface area contributed by atoms with Crippen molar-refractivity contribution in [3.63, 3.8) is 0 Å². The summed E-state index contributed by atoms with van der Waals surface area (Å²) in [5, 5.41) is 12.8. The molecule has 9 heteroatoms. The summed E-state index contributed by atoms with van der Waals surface area (Å²) < 4.78 is 7.50. The van der Waals surface area contributed by atoms with Crippen molar-refractivity contribution >= 4 is 17.4 Å². The number of hydrogen-bond donors (Lipinski definition) is 2. The van der Waals surface area contributed by atoms with E-state index in [4.69, 9.17) is 14.7 Å². The van der Waals surface area contributed by atoms with Gasteiger partial charge in [-0.25, -0.2) is 9.97 Å². The van der Waals surface area contributed by atoms with Gasteiger partial charge in [0.15, 0.2) is 11.5 Å². The molecular weight excluding hydrogens is 384 g/mol. The third-order valence-corrected chi connectivity index (χ3v) is 5.43. The van der Waals surface area contributed by atoms with Gasteiger partial charge in [0.2, 0.25) is 5.91 Å². The number of phenols is 1. The van der Waals surface area contributed by atoms with Crippen LogP contribution in [0.25, 0.3) is 16.9 Å². The normalized spacial score (nSPS) is 18.0. The van der Waals surface area contributed by atoms with Crippen LogP contribution in [-0.4, -0.2) is 76.2 Å². The first kappa shape index (κ1) is 18.8. The number of carbonyl (C=O) groups excluding carboxylic acids is 1. The number of carbonyl (C=O) groups is 1. The molecule has 156 valence electrons. The highest BCUT2D eigenvalue weighted by atomic mass is 16.5. The van der Waals surface area contributed by atoms with Crippen molar-refractivity contribution in [3.05, 3.63) is 42.4 Å². The SMILES string of the molecule is O=C1CN(Cc2cn3cc(-c4cccc(O)c4)nc(N4CCOCC4)c3n2)CCN1. The number of nitrogens with zero attached hydrogens (tertiary/aromatic N) is 5. The average molecular weight is 408 g/mol. The molecule has 5 rings (SSSR count). The molecule has 2 aliphatic rings. The van der Waals surface area contributed by atoms with Crippen molar-refractivity contribution < 1.29 is 14.6 Å². The minimum atomic E-state index is 0.0480. The number of aromatic hydroxyl groups is 1. The van der Waals surface area contributed by atoms with Crippen LogP contribution in [-0.2, 0) is 16.1 Å². The van der Waals surface area contributed by atoms with Gasteiger partial charge in [-0.3, -0.25) is 9.69 Å². The van der Waals surface area contributed by atoms with Crippen LogP contribution in [0, 0.1) is 0 Å². The molecule has 1 amide bonds. The van der Waals surface area contributed by atoms with E-state index in [0.29, 0.717) is 32.8 Å². The Morgan fingerprint density at radius 1 is 1.13 bits per heavy atom. The van der Waals surface area contributed by atoms with Crippen LogP contribution in [0.4, 0.5) is 5.82 Å². The van der Waals surface area contributed by atoms with Gasteiger partial charge < -0.3 is 24.5 Å². The Labute approximate surface area is 173 Å². The fourth-order valence-corrected chi connectivity index (χ4v) is 3.96. The predicted molar refractivity (Wildman–Crippen MR) is 111 cm³/mol. The molecule has 0 spiro atoms. The Hall–Kier alpha value is -3.17. The zero-order valence-electron chi connectivity index (χ0n) is 16.6. The van der Waals surface area contributed by atoms with E-state index in [-0.39, 0.29) is 11.7 Å². The highest BCUT2D eigenvalue weighted by Gasteiger charge is 2.21. The van der Waals surface area contributed by atoms with Crippen LogP contribution in [0.5, 0.6) is 5.75 Å². The second-order valence-electron chi connectivity index (χ2n) is 7.62. The van der Waals surface area contributed by atoms with Crippen molar-refractivity contribution in [2.24, 2.45) is 0 Å². The Kier molecular flexibility index (Phi) is 4.97. The van der Waals surface area contributed by atoms with Crippen LogP contribution < -0.4 is 10.2 Å². The van der Waals surface area contributed by atoms with Gasteiger partial charge in [-0.15, -0.1) is 0 Å². The molecule has 2 N–H and O–H groups in total. The molecule has 0 saturated carbocycles. The number of rotatable bonds is 4. The Morgan fingerprint density at radius 3 is 2.80 bits per heavy atom. The van der Waals surface area contributed by atoms with E-state index in [2.05, 4.69) is 15.1 Å². The standard InChI is InChI=1S/C21H24N6O3/c28-17-3-1-2-15(10-17)18-13-27-12-16(11-25-5-4-22-19(29)14-25)23-20(27)21(24-18)26-6-8-30-9-7-26/h1-3,10,12-13,28H,4-9,11,14H2,(H,22,29). The van der Waals surface area contributed by atoms with E-state index in [1.165, 1.54) is 0 Å². The number of fused-ring (bicyclic) bond motifs is 1. The van der Waals surface area contributed by atoms with E-state index in [9.17, 15) is 9.90 Å². The zero-order chi connectivity index (χ0) is 20.5. The number of amides is 1. The molecule has 30 heavy (non-hydrogen) atoms. The van der Waals surface area contributed by atoms with Crippen molar-refractivity contribution in [2.75, 3.05) is 50.8 Å². The maximum atomic E-state index is 11.7. The summed E-state index contributed by atoms with van der Waals surface area (Å²) >= 11 is 0. The van der Waals surface area contributed by atoms with E-state index in [1.54, 1.807) is 12.1 Å². The van der Waals surface area contributed by atoms with Gasteiger partial charge in [-0.1, -0.05) is 12.1 Å². The Balaban J connectivity index is 1.55. The molecule has 9 nitrogen and oxygen atoms in total. The fourth-order valence-electron chi connectivity index (χ4n) is 3.96. The smallest absolute Gasteiger partial charge is 0.234 e. The van der Waals surface area contributed by atoms with Crippen molar-refractivity contribution in [3.8, 4) is 17.0 Å². The largest absolute Gasteiger partial charge is 0.508 e. The number of phenolic OH excluding ortho intramolecular Hbond substituents is 1. The van der Waals surface area contributed by atoms with Gasteiger partial charge in [0, 0.05) is 50.7 Å². The van der Waals surface area contributed by atoms with Crippen molar-refractivity contribution in [1.82, 2.24) is 24.6 Å². The van der Waals surface area contributed by atoms with Gasteiger partial charge in [0.05, 0.1) is 31.1 Å². The van der Waals surface area contributed by atoms with E-state index in [1.807, 2.05) is 28.9 Å². The van der Waals surface area contributed by atoms with E-state index < -0.39 is 0 Å². The number of hydrogen-bond acceptors (Lipinski definition) is 7. The lowest BCUT2D eigenvalue weighted by molar-refractivity contribution is -0.124. The second kappa shape index (κ2) is 7.92. The molecule has 0 radical (unpaired) electrons. The number of imidazole rings is 1.